The van der Waals surface area contributed by atoms with Gasteiger partial charge in [0.15, 0.2) is 0 Å². The van der Waals surface area contributed by atoms with E-state index in [1.54, 1.807) is 7.11 Å². The second-order valence-corrected chi connectivity index (χ2v) is 4.94. The van der Waals surface area contributed by atoms with Gasteiger partial charge in [-0.2, -0.15) is 0 Å². The molecule has 0 saturated carbocycles. The van der Waals surface area contributed by atoms with Crippen molar-refractivity contribution in [2.45, 2.75) is 39.4 Å². The van der Waals surface area contributed by atoms with E-state index < -0.39 is 6.10 Å². The van der Waals surface area contributed by atoms with Crippen LogP contribution in [0.2, 0.25) is 0 Å². The van der Waals surface area contributed by atoms with Crippen LogP contribution in [0.4, 0.5) is 0 Å². The lowest BCUT2D eigenvalue weighted by Gasteiger charge is -2.20. The van der Waals surface area contributed by atoms with Gasteiger partial charge in [-0.3, -0.25) is 0 Å². The first kappa shape index (κ1) is 15.0. The summed E-state index contributed by atoms with van der Waals surface area (Å²) in [6, 6.07) is 7.67. The molecule has 2 atom stereocenters. The maximum Gasteiger partial charge on any atom is 0.120 e. The third-order valence-electron chi connectivity index (χ3n) is 2.89. The number of aliphatic hydroxyl groups excluding tert-OH is 1. The van der Waals surface area contributed by atoms with Crippen LogP contribution < -0.4 is 4.74 Å². The molecular formula is C15H24O3. The molecule has 1 aromatic carbocycles. The Morgan fingerprint density at radius 3 is 2.56 bits per heavy atom. The minimum absolute atomic E-state index is 0.142. The molecule has 1 aromatic rings. The Morgan fingerprint density at radius 1 is 1.22 bits per heavy atom. The molecule has 0 aliphatic rings. The summed E-state index contributed by atoms with van der Waals surface area (Å²) in [6.07, 6.45) is 0.506. The first-order valence-corrected chi connectivity index (χ1v) is 6.48. The Balaban J connectivity index is 2.69. The fourth-order valence-electron chi connectivity index (χ4n) is 1.83. The lowest BCUT2D eigenvalue weighted by Crippen LogP contribution is -2.12. The summed E-state index contributed by atoms with van der Waals surface area (Å²) >= 11 is 0. The Labute approximate surface area is 110 Å². The van der Waals surface area contributed by atoms with Gasteiger partial charge < -0.3 is 14.6 Å². The predicted molar refractivity (Wildman–Crippen MR) is 72.8 cm³/mol. The lowest BCUT2D eigenvalue weighted by molar-refractivity contribution is 0.0883. The van der Waals surface area contributed by atoms with Gasteiger partial charge in [0.05, 0.1) is 12.2 Å². The van der Waals surface area contributed by atoms with Crippen LogP contribution in [-0.2, 0) is 4.74 Å². The largest absolute Gasteiger partial charge is 0.491 e. The zero-order valence-corrected chi connectivity index (χ0v) is 11.7. The number of hydrogen-bond donors (Lipinski definition) is 1. The fourth-order valence-corrected chi connectivity index (χ4v) is 1.83. The third-order valence-corrected chi connectivity index (χ3v) is 2.89. The van der Waals surface area contributed by atoms with Crippen molar-refractivity contribution >= 4 is 0 Å². The van der Waals surface area contributed by atoms with Crippen LogP contribution >= 0.6 is 0 Å². The van der Waals surface area contributed by atoms with E-state index in [1.165, 1.54) is 0 Å². The van der Waals surface area contributed by atoms with Crippen molar-refractivity contribution < 1.29 is 14.6 Å². The Kier molecular flexibility index (Phi) is 6.16. The number of rotatable bonds is 7. The summed E-state index contributed by atoms with van der Waals surface area (Å²) in [5.74, 6) is 0.972. The first-order chi connectivity index (χ1) is 8.54. The SMILES string of the molecule is COCCC(C)C(O)c1cccc(OC(C)C)c1. The number of aliphatic hydroxyl groups is 1. The minimum atomic E-state index is -0.476. The minimum Gasteiger partial charge on any atom is -0.491 e. The van der Waals surface area contributed by atoms with Crippen LogP contribution in [0.1, 0.15) is 38.9 Å². The highest BCUT2D eigenvalue weighted by molar-refractivity contribution is 5.30. The maximum absolute atomic E-state index is 10.3. The zero-order chi connectivity index (χ0) is 13.5. The van der Waals surface area contributed by atoms with Gasteiger partial charge in [0.2, 0.25) is 0 Å². The highest BCUT2D eigenvalue weighted by Crippen LogP contribution is 2.27. The van der Waals surface area contributed by atoms with Crippen molar-refractivity contribution in [1.82, 2.24) is 0 Å². The number of ether oxygens (including phenoxy) is 2. The zero-order valence-electron chi connectivity index (χ0n) is 11.7. The molecule has 0 bridgehead atoms. The van der Waals surface area contributed by atoms with E-state index in [0.29, 0.717) is 6.61 Å². The predicted octanol–water partition coefficient (Wildman–Crippen LogP) is 3.18. The molecule has 0 amide bonds. The Hall–Kier alpha value is -1.06. The molecule has 0 saturated heterocycles. The highest BCUT2D eigenvalue weighted by Gasteiger charge is 2.16. The molecule has 3 heteroatoms. The summed E-state index contributed by atoms with van der Waals surface area (Å²) in [6.45, 7) is 6.68. The van der Waals surface area contributed by atoms with Crippen LogP contribution in [0, 0.1) is 5.92 Å². The van der Waals surface area contributed by atoms with Crippen molar-refractivity contribution in [1.29, 1.82) is 0 Å². The van der Waals surface area contributed by atoms with Gasteiger partial charge in [-0.05, 0) is 43.9 Å². The number of benzene rings is 1. The average Bonchev–Trinajstić information content (AvgIpc) is 2.34. The first-order valence-electron chi connectivity index (χ1n) is 6.48. The molecular weight excluding hydrogens is 228 g/mol. The summed E-state index contributed by atoms with van der Waals surface area (Å²) in [5.41, 5.74) is 0.900. The highest BCUT2D eigenvalue weighted by atomic mass is 16.5. The van der Waals surface area contributed by atoms with Gasteiger partial charge >= 0.3 is 0 Å². The monoisotopic (exact) mass is 252 g/mol. The van der Waals surface area contributed by atoms with Gasteiger partial charge in [-0.15, -0.1) is 0 Å². The van der Waals surface area contributed by atoms with E-state index in [4.69, 9.17) is 9.47 Å². The van der Waals surface area contributed by atoms with E-state index >= 15 is 0 Å². The standard InChI is InChI=1S/C15H24O3/c1-11(2)18-14-7-5-6-13(10-14)15(16)12(3)8-9-17-4/h5-7,10-12,15-16H,8-9H2,1-4H3. The fraction of sp³-hybridized carbons (Fsp3) is 0.600. The van der Waals surface area contributed by atoms with Gasteiger partial charge in [-0.1, -0.05) is 19.1 Å². The van der Waals surface area contributed by atoms with Gasteiger partial charge in [0, 0.05) is 13.7 Å². The summed E-state index contributed by atoms with van der Waals surface area (Å²) in [7, 11) is 1.68. The van der Waals surface area contributed by atoms with Crippen molar-refractivity contribution in [2.75, 3.05) is 13.7 Å². The van der Waals surface area contributed by atoms with E-state index in [-0.39, 0.29) is 12.0 Å². The van der Waals surface area contributed by atoms with Crippen LogP contribution in [0.15, 0.2) is 24.3 Å². The van der Waals surface area contributed by atoms with Crippen molar-refractivity contribution in [3.8, 4) is 5.75 Å². The maximum atomic E-state index is 10.3. The van der Waals surface area contributed by atoms with Crippen molar-refractivity contribution in [3.05, 3.63) is 29.8 Å². The molecule has 0 fully saturated rings. The summed E-state index contributed by atoms with van der Waals surface area (Å²) < 4.78 is 10.7. The van der Waals surface area contributed by atoms with Crippen molar-refractivity contribution in [2.24, 2.45) is 5.92 Å². The summed E-state index contributed by atoms with van der Waals surface area (Å²) in [5, 5.41) is 10.3. The van der Waals surface area contributed by atoms with Gasteiger partial charge in [0.1, 0.15) is 5.75 Å². The van der Waals surface area contributed by atoms with Gasteiger partial charge in [-0.25, -0.2) is 0 Å². The second-order valence-electron chi connectivity index (χ2n) is 4.94. The molecule has 0 spiro atoms. The number of hydrogen-bond acceptors (Lipinski definition) is 3. The van der Waals surface area contributed by atoms with Crippen LogP contribution in [0.5, 0.6) is 5.75 Å². The van der Waals surface area contributed by atoms with E-state index in [1.807, 2.05) is 45.0 Å². The average molecular weight is 252 g/mol. The molecule has 18 heavy (non-hydrogen) atoms. The molecule has 3 nitrogen and oxygen atoms in total. The molecule has 1 rings (SSSR count). The Morgan fingerprint density at radius 2 is 1.94 bits per heavy atom. The third kappa shape index (κ3) is 4.67. The van der Waals surface area contributed by atoms with Gasteiger partial charge in [0.25, 0.3) is 0 Å². The van der Waals surface area contributed by atoms with Crippen LogP contribution in [-0.4, -0.2) is 24.9 Å². The molecule has 0 aliphatic heterocycles. The van der Waals surface area contributed by atoms with E-state index in [2.05, 4.69) is 0 Å². The molecule has 0 radical (unpaired) electrons. The van der Waals surface area contributed by atoms with Crippen LogP contribution in [0.25, 0.3) is 0 Å². The lowest BCUT2D eigenvalue weighted by atomic mass is 9.95. The molecule has 0 aliphatic carbocycles. The van der Waals surface area contributed by atoms with Crippen molar-refractivity contribution in [3.63, 3.8) is 0 Å². The second kappa shape index (κ2) is 7.39. The molecule has 1 N–H and O–H groups in total. The topological polar surface area (TPSA) is 38.7 Å². The summed E-state index contributed by atoms with van der Waals surface area (Å²) in [4.78, 5) is 0. The molecule has 0 heterocycles. The smallest absolute Gasteiger partial charge is 0.120 e. The van der Waals surface area contributed by atoms with E-state index in [9.17, 15) is 5.11 Å². The van der Waals surface area contributed by atoms with E-state index in [0.717, 1.165) is 17.7 Å². The number of methoxy groups -OCH3 is 1. The quantitative estimate of drug-likeness (QED) is 0.810. The molecule has 2 unspecified atom stereocenters. The van der Waals surface area contributed by atoms with Crippen LogP contribution in [0.3, 0.4) is 0 Å². The molecule has 0 aromatic heterocycles. The normalized spacial score (nSPS) is 14.6. The Bertz CT molecular complexity index is 349. The molecule has 102 valence electrons.